The SMILES string of the molecule is Cc1ccccc1C(C#N)(Oc1cccc(OCc2ccsc2)c1)C(=O)O. The Labute approximate surface area is 161 Å². The van der Waals surface area contributed by atoms with E-state index in [1.54, 1.807) is 66.8 Å². The molecule has 1 unspecified atom stereocenters. The topological polar surface area (TPSA) is 79.5 Å². The third-order valence-electron chi connectivity index (χ3n) is 4.05. The first-order valence-electron chi connectivity index (χ1n) is 8.19. The van der Waals surface area contributed by atoms with Crippen molar-refractivity contribution in [1.29, 1.82) is 5.26 Å². The van der Waals surface area contributed by atoms with E-state index in [9.17, 15) is 15.2 Å². The standard InChI is InChI=1S/C21H17NO4S/c1-15-5-2-3-8-19(15)21(14-22,20(23)24)26-18-7-4-6-17(11-18)25-12-16-9-10-27-13-16/h2-11,13H,12H2,1H3,(H,23,24). The van der Waals surface area contributed by atoms with Crippen LogP contribution in [0.25, 0.3) is 0 Å². The summed E-state index contributed by atoms with van der Waals surface area (Å²) in [5.74, 6) is -0.602. The Morgan fingerprint density at radius 1 is 1.19 bits per heavy atom. The van der Waals surface area contributed by atoms with Crippen LogP contribution in [0.3, 0.4) is 0 Å². The molecule has 0 radical (unpaired) electrons. The van der Waals surface area contributed by atoms with Crippen LogP contribution < -0.4 is 9.47 Å². The minimum Gasteiger partial charge on any atom is -0.489 e. The number of rotatable bonds is 7. The molecular weight excluding hydrogens is 362 g/mol. The van der Waals surface area contributed by atoms with Crippen molar-refractivity contribution in [2.24, 2.45) is 0 Å². The normalized spacial score (nSPS) is 12.6. The minimum atomic E-state index is -2.14. The quantitative estimate of drug-likeness (QED) is 0.653. The number of ether oxygens (including phenoxy) is 2. The molecule has 136 valence electrons. The van der Waals surface area contributed by atoms with Crippen LogP contribution in [0.1, 0.15) is 16.7 Å². The molecule has 0 aliphatic heterocycles. The van der Waals surface area contributed by atoms with Crippen molar-refractivity contribution in [3.8, 4) is 17.6 Å². The van der Waals surface area contributed by atoms with Gasteiger partial charge in [0, 0.05) is 11.6 Å². The van der Waals surface area contributed by atoms with Crippen LogP contribution in [-0.4, -0.2) is 11.1 Å². The van der Waals surface area contributed by atoms with E-state index in [4.69, 9.17) is 9.47 Å². The molecule has 3 rings (SSSR count). The molecule has 1 N–H and O–H groups in total. The number of carboxylic acid groups (broad SMARTS) is 1. The van der Waals surface area contributed by atoms with Crippen molar-refractivity contribution < 1.29 is 19.4 Å². The van der Waals surface area contributed by atoms with Gasteiger partial charge in [-0.1, -0.05) is 30.3 Å². The van der Waals surface area contributed by atoms with Gasteiger partial charge in [0.2, 0.25) is 0 Å². The molecule has 1 heterocycles. The lowest BCUT2D eigenvalue weighted by molar-refractivity contribution is -0.151. The fourth-order valence-electron chi connectivity index (χ4n) is 2.66. The molecule has 5 nitrogen and oxygen atoms in total. The van der Waals surface area contributed by atoms with Gasteiger partial charge >= 0.3 is 11.6 Å². The Morgan fingerprint density at radius 2 is 1.96 bits per heavy atom. The van der Waals surface area contributed by atoms with Crippen LogP contribution in [0.5, 0.6) is 11.5 Å². The zero-order valence-electron chi connectivity index (χ0n) is 14.6. The smallest absolute Gasteiger partial charge is 0.368 e. The number of aliphatic carboxylic acids is 1. The van der Waals surface area contributed by atoms with E-state index in [2.05, 4.69) is 0 Å². The number of benzene rings is 2. The second-order valence-corrected chi connectivity index (χ2v) is 6.69. The molecule has 0 aliphatic carbocycles. The van der Waals surface area contributed by atoms with Gasteiger partial charge in [0.15, 0.2) is 0 Å². The fourth-order valence-corrected chi connectivity index (χ4v) is 3.31. The first-order chi connectivity index (χ1) is 13.0. The number of nitrogens with zero attached hydrogens (tertiary/aromatic N) is 1. The van der Waals surface area contributed by atoms with Gasteiger partial charge in [-0.2, -0.15) is 16.6 Å². The lowest BCUT2D eigenvalue weighted by atomic mass is 9.91. The third-order valence-corrected chi connectivity index (χ3v) is 4.78. The third kappa shape index (κ3) is 3.94. The first kappa shape index (κ1) is 18.5. The predicted molar refractivity (Wildman–Crippen MR) is 102 cm³/mol. The van der Waals surface area contributed by atoms with Crippen molar-refractivity contribution >= 4 is 17.3 Å². The highest BCUT2D eigenvalue weighted by Gasteiger charge is 2.45. The summed E-state index contributed by atoms with van der Waals surface area (Å²) >= 11 is 1.58. The second kappa shape index (κ2) is 7.94. The zero-order valence-corrected chi connectivity index (χ0v) is 15.4. The van der Waals surface area contributed by atoms with Crippen LogP contribution in [0.15, 0.2) is 65.4 Å². The molecule has 2 aromatic carbocycles. The molecule has 0 aliphatic rings. The highest BCUT2D eigenvalue weighted by Crippen LogP contribution is 2.32. The van der Waals surface area contributed by atoms with Gasteiger partial charge in [-0.15, -0.1) is 0 Å². The van der Waals surface area contributed by atoms with Gasteiger partial charge in [-0.3, -0.25) is 0 Å². The van der Waals surface area contributed by atoms with Crippen molar-refractivity contribution in [2.75, 3.05) is 0 Å². The summed E-state index contributed by atoms with van der Waals surface area (Å²) in [6, 6.07) is 17.2. The predicted octanol–water partition coefficient (Wildman–Crippen LogP) is 4.52. The van der Waals surface area contributed by atoms with Crippen molar-refractivity contribution in [2.45, 2.75) is 19.1 Å². The molecule has 6 heteroatoms. The molecule has 27 heavy (non-hydrogen) atoms. The van der Waals surface area contributed by atoms with Crippen molar-refractivity contribution in [3.05, 3.63) is 82.0 Å². The van der Waals surface area contributed by atoms with Crippen LogP contribution in [0.2, 0.25) is 0 Å². The summed E-state index contributed by atoms with van der Waals surface area (Å²) in [4.78, 5) is 12.0. The molecule has 3 aromatic rings. The lowest BCUT2D eigenvalue weighted by Gasteiger charge is -2.25. The van der Waals surface area contributed by atoms with Crippen LogP contribution in [-0.2, 0) is 17.0 Å². The molecular formula is C21H17NO4S. The van der Waals surface area contributed by atoms with E-state index in [0.29, 0.717) is 23.5 Å². The van der Waals surface area contributed by atoms with E-state index in [-0.39, 0.29) is 5.75 Å². The summed E-state index contributed by atoms with van der Waals surface area (Å²) < 4.78 is 11.4. The minimum absolute atomic E-state index is 0.241. The number of carbonyl (C=O) groups is 1. The summed E-state index contributed by atoms with van der Waals surface area (Å²) in [7, 11) is 0. The first-order valence-corrected chi connectivity index (χ1v) is 9.13. The second-order valence-electron chi connectivity index (χ2n) is 5.91. The van der Waals surface area contributed by atoms with Gasteiger partial charge in [0.25, 0.3) is 0 Å². The Kier molecular flexibility index (Phi) is 5.43. The van der Waals surface area contributed by atoms with E-state index in [1.807, 2.05) is 22.9 Å². The Bertz CT molecular complexity index is 978. The summed E-state index contributed by atoms with van der Waals surface area (Å²) in [6.45, 7) is 2.14. The maximum atomic E-state index is 12.0. The Morgan fingerprint density at radius 3 is 2.63 bits per heavy atom. The van der Waals surface area contributed by atoms with Crippen LogP contribution in [0.4, 0.5) is 0 Å². The largest absolute Gasteiger partial charge is 0.489 e. The number of hydrogen-bond acceptors (Lipinski definition) is 5. The van der Waals surface area contributed by atoms with E-state index >= 15 is 0 Å². The van der Waals surface area contributed by atoms with Crippen molar-refractivity contribution in [1.82, 2.24) is 0 Å². The van der Waals surface area contributed by atoms with Crippen LogP contribution in [0, 0.1) is 18.3 Å². The fraction of sp³-hybridized carbons (Fsp3) is 0.143. The Balaban J connectivity index is 1.89. The van der Waals surface area contributed by atoms with Gasteiger partial charge < -0.3 is 14.6 Å². The van der Waals surface area contributed by atoms with Gasteiger partial charge in [0.1, 0.15) is 24.2 Å². The number of carboxylic acids is 1. The van der Waals surface area contributed by atoms with Crippen molar-refractivity contribution in [3.63, 3.8) is 0 Å². The maximum absolute atomic E-state index is 12.0. The van der Waals surface area contributed by atoms with E-state index < -0.39 is 11.6 Å². The average Bonchev–Trinajstić information content (AvgIpc) is 3.19. The molecule has 0 bridgehead atoms. The number of thiophene rings is 1. The summed E-state index contributed by atoms with van der Waals surface area (Å²) in [6.07, 6.45) is 0. The number of aryl methyl sites for hydroxylation is 1. The average molecular weight is 379 g/mol. The maximum Gasteiger partial charge on any atom is 0.368 e. The molecule has 1 aromatic heterocycles. The monoisotopic (exact) mass is 379 g/mol. The van der Waals surface area contributed by atoms with E-state index in [0.717, 1.165) is 5.56 Å². The zero-order chi connectivity index (χ0) is 19.3. The summed E-state index contributed by atoms with van der Waals surface area (Å²) in [5, 5.41) is 23.4. The summed E-state index contributed by atoms with van der Waals surface area (Å²) in [5.41, 5.74) is -0.142. The number of hydrogen-bond donors (Lipinski definition) is 1. The molecule has 0 saturated heterocycles. The van der Waals surface area contributed by atoms with Crippen LogP contribution >= 0.6 is 11.3 Å². The highest BCUT2D eigenvalue weighted by molar-refractivity contribution is 7.07. The Hall–Kier alpha value is -3.30. The van der Waals surface area contributed by atoms with E-state index in [1.165, 1.54) is 0 Å². The molecule has 0 spiro atoms. The van der Waals surface area contributed by atoms with Gasteiger partial charge in [-0.25, -0.2) is 4.79 Å². The molecule has 1 atom stereocenters. The molecule has 0 fully saturated rings. The molecule has 0 amide bonds. The highest BCUT2D eigenvalue weighted by atomic mass is 32.1. The van der Waals surface area contributed by atoms with Gasteiger partial charge in [0.05, 0.1) is 0 Å². The lowest BCUT2D eigenvalue weighted by Crippen LogP contribution is -2.41. The molecule has 0 saturated carbocycles. The van der Waals surface area contributed by atoms with Gasteiger partial charge in [-0.05, 0) is 47.0 Å². The number of nitriles is 1.